The molecule has 0 unspecified atom stereocenters. The second-order valence-corrected chi connectivity index (χ2v) is 3.75. The number of carbonyl (C=O) groups excluding carboxylic acids is 1. The molecule has 1 aliphatic rings. The Morgan fingerprint density at radius 3 is 2.93 bits per heavy atom. The van der Waals surface area contributed by atoms with E-state index < -0.39 is 5.91 Å². The van der Waals surface area contributed by atoms with Gasteiger partial charge in [-0.05, 0) is 23.6 Å². The van der Waals surface area contributed by atoms with Gasteiger partial charge in [-0.15, -0.1) is 12.4 Å². The fraction of sp³-hybridized carbons (Fsp3) is 0. The molecular weight excluding hydrogens is 232 g/mol. The van der Waals surface area contributed by atoms with Crippen LogP contribution in [0, 0.1) is 0 Å². The molecular formula is C10H9ClN2OS. The summed E-state index contributed by atoms with van der Waals surface area (Å²) < 4.78 is 0. The third-order valence-electron chi connectivity index (χ3n) is 1.85. The summed E-state index contributed by atoms with van der Waals surface area (Å²) >= 11 is 1.57. The molecule has 0 spiro atoms. The van der Waals surface area contributed by atoms with Crippen molar-refractivity contribution in [3.05, 3.63) is 40.9 Å². The Labute approximate surface area is 97.9 Å². The van der Waals surface area contributed by atoms with Crippen LogP contribution < -0.4 is 5.73 Å². The van der Waals surface area contributed by atoms with E-state index in [4.69, 9.17) is 5.73 Å². The average Bonchev–Trinajstić information content (AvgIpc) is 2.41. The molecule has 15 heavy (non-hydrogen) atoms. The maximum atomic E-state index is 10.9. The normalized spacial score (nSPS) is 12.5. The molecule has 1 heterocycles. The molecule has 1 amide bonds. The standard InChI is InChI=1S/C10H8N2OS.ClH/c11-10(13)7-1-2-9-8(5-7)6-12-3-4-14-9;/h1-6H,(H2,11,13);1H. The van der Waals surface area contributed by atoms with E-state index in [2.05, 4.69) is 4.99 Å². The van der Waals surface area contributed by atoms with Gasteiger partial charge in [-0.1, -0.05) is 11.8 Å². The number of nitrogens with zero attached hydrogens (tertiary/aromatic N) is 1. The van der Waals surface area contributed by atoms with Crippen LogP contribution in [-0.2, 0) is 0 Å². The maximum absolute atomic E-state index is 10.9. The predicted octanol–water partition coefficient (Wildman–Crippen LogP) is 2.20. The summed E-state index contributed by atoms with van der Waals surface area (Å²) in [5, 5.41) is 1.90. The summed E-state index contributed by atoms with van der Waals surface area (Å²) in [4.78, 5) is 16.0. The van der Waals surface area contributed by atoms with Crippen molar-refractivity contribution in [2.24, 2.45) is 10.7 Å². The third kappa shape index (κ3) is 2.61. The first kappa shape index (κ1) is 11.8. The quantitative estimate of drug-likeness (QED) is 0.818. The van der Waals surface area contributed by atoms with Crippen LogP contribution in [0.5, 0.6) is 0 Å². The SMILES string of the molecule is Cl.NC(=O)c1ccc2c(c1)C=NC=CS2. The van der Waals surface area contributed by atoms with Gasteiger partial charge in [0.25, 0.3) is 0 Å². The summed E-state index contributed by atoms with van der Waals surface area (Å²) in [5.41, 5.74) is 6.62. The van der Waals surface area contributed by atoms with E-state index in [0.29, 0.717) is 5.56 Å². The Balaban J connectivity index is 0.00000112. The minimum atomic E-state index is -0.414. The third-order valence-corrected chi connectivity index (χ3v) is 2.73. The van der Waals surface area contributed by atoms with E-state index in [1.54, 1.807) is 36.3 Å². The van der Waals surface area contributed by atoms with Crippen LogP contribution in [0.3, 0.4) is 0 Å². The highest BCUT2D eigenvalue weighted by Crippen LogP contribution is 2.25. The number of carbonyl (C=O) groups is 1. The Morgan fingerprint density at radius 2 is 2.20 bits per heavy atom. The molecule has 1 aromatic rings. The Bertz CT molecular complexity index is 443. The number of thioether (sulfide) groups is 1. The summed E-state index contributed by atoms with van der Waals surface area (Å²) in [5.74, 6) is -0.414. The Hall–Kier alpha value is -1.26. The second kappa shape index (κ2) is 5.00. The van der Waals surface area contributed by atoms with E-state index in [-0.39, 0.29) is 12.4 Å². The molecule has 0 aromatic heterocycles. The van der Waals surface area contributed by atoms with Crippen LogP contribution in [0.2, 0.25) is 0 Å². The number of benzene rings is 1. The molecule has 0 bridgehead atoms. The highest BCUT2D eigenvalue weighted by molar-refractivity contribution is 8.02. The van der Waals surface area contributed by atoms with Crippen molar-refractivity contribution in [1.29, 1.82) is 0 Å². The number of aliphatic imine (C=N–C) groups is 1. The zero-order valence-corrected chi connectivity index (χ0v) is 9.35. The van der Waals surface area contributed by atoms with Gasteiger partial charge in [-0.3, -0.25) is 9.79 Å². The average molecular weight is 241 g/mol. The highest BCUT2D eigenvalue weighted by Gasteiger charge is 2.06. The molecule has 0 saturated heterocycles. The number of amides is 1. The largest absolute Gasteiger partial charge is 0.366 e. The van der Waals surface area contributed by atoms with Crippen LogP contribution in [-0.4, -0.2) is 12.1 Å². The lowest BCUT2D eigenvalue weighted by Crippen LogP contribution is -2.11. The minimum absolute atomic E-state index is 0. The lowest BCUT2D eigenvalue weighted by Gasteiger charge is -2.02. The number of hydrogen-bond donors (Lipinski definition) is 1. The number of hydrogen-bond acceptors (Lipinski definition) is 3. The van der Waals surface area contributed by atoms with Crippen molar-refractivity contribution in [2.45, 2.75) is 4.90 Å². The van der Waals surface area contributed by atoms with Crippen molar-refractivity contribution >= 4 is 36.3 Å². The number of halogens is 1. The van der Waals surface area contributed by atoms with E-state index >= 15 is 0 Å². The maximum Gasteiger partial charge on any atom is 0.248 e. The van der Waals surface area contributed by atoms with Crippen molar-refractivity contribution in [3.8, 4) is 0 Å². The molecule has 2 N–H and O–H groups in total. The summed E-state index contributed by atoms with van der Waals surface area (Å²) in [6.45, 7) is 0. The van der Waals surface area contributed by atoms with Crippen LogP contribution in [0.15, 0.2) is 39.7 Å². The molecule has 0 fully saturated rings. The minimum Gasteiger partial charge on any atom is -0.366 e. The fourth-order valence-corrected chi connectivity index (χ4v) is 1.84. The Morgan fingerprint density at radius 1 is 1.40 bits per heavy atom. The van der Waals surface area contributed by atoms with Crippen molar-refractivity contribution < 1.29 is 4.79 Å². The van der Waals surface area contributed by atoms with Crippen molar-refractivity contribution in [1.82, 2.24) is 0 Å². The summed E-state index contributed by atoms with van der Waals surface area (Å²) in [7, 11) is 0. The van der Waals surface area contributed by atoms with Crippen LogP contribution >= 0.6 is 24.2 Å². The van der Waals surface area contributed by atoms with Gasteiger partial charge < -0.3 is 5.73 Å². The topological polar surface area (TPSA) is 55.5 Å². The van der Waals surface area contributed by atoms with Crippen LogP contribution in [0.4, 0.5) is 0 Å². The van der Waals surface area contributed by atoms with Gasteiger partial charge in [0.05, 0.1) is 0 Å². The molecule has 78 valence electrons. The highest BCUT2D eigenvalue weighted by atomic mass is 35.5. The van der Waals surface area contributed by atoms with Gasteiger partial charge >= 0.3 is 0 Å². The molecule has 2 rings (SSSR count). The first-order valence-electron chi connectivity index (χ1n) is 4.06. The van der Waals surface area contributed by atoms with Gasteiger partial charge in [0, 0.05) is 28.4 Å². The van der Waals surface area contributed by atoms with E-state index in [1.807, 2.05) is 11.5 Å². The van der Waals surface area contributed by atoms with E-state index in [1.165, 1.54) is 0 Å². The Kier molecular flexibility index (Phi) is 3.94. The molecule has 1 aromatic carbocycles. The first-order chi connectivity index (χ1) is 6.77. The van der Waals surface area contributed by atoms with Crippen LogP contribution in [0.1, 0.15) is 15.9 Å². The van der Waals surface area contributed by atoms with Gasteiger partial charge in [0.15, 0.2) is 0 Å². The monoisotopic (exact) mass is 240 g/mol. The van der Waals surface area contributed by atoms with E-state index in [0.717, 1.165) is 10.5 Å². The molecule has 0 aliphatic carbocycles. The second-order valence-electron chi connectivity index (χ2n) is 2.80. The van der Waals surface area contributed by atoms with Crippen molar-refractivity contribution in [3.63, 3.8) is 0 Å². The predicted molar refractivity (Wildman–Crippen MR) is 64.8 cm³/mol. The molecule has 0 atom stereocenters. The van der Waals surface area contributed by atoms with Gasteiger partial charge in [0.1, 0.15) is 0 Å². The number of nitrogens with two attached hydrogens (primary N) is 1. The van der Waals surface area contributed by atoms with Crippen molar-refractivity contribution in [2.75, 3.05) is 0 Å². The summed E-state index contributed by atoms with van der Waals surface area (Å²) in [6, 6.07) is 5.35. The zero-order valence-electron chi connectivity index (χ0n) is 7.71. The fourth-order valence-electron chi connectivity index (χ4n) is 1.17. The molecule has 5 heteroatoms. The van der Waals surface area contributed by atoms with Gasteiger partial charge in [-0.25, -0.2) is 0 Å². The van der Waals surface area contributed by atoms with E-state index in [9.17, 15) is 4.79 Å². The summed E-state index contributed by atoms with van der Waals surface area (Å²) in [6.07, 6.45) is 3.44. The lowest BCUT2D eigenvalue weighted by atomic mass is 10.1. The molecule has 0 saturated carbocycles. The van der Waals surface area contributed by atoms with Gasteiger partial charge in [0.2, 0.25) is 5.91 Å². The smallest absolute Gasteiger partial charge is 0.248 e. The molecule has 0 radical (unpaired) electrons. The lowest BCUT2D eigenvalue weighted by molar-refractivity contribution is 0.1000. The number of rotatable bonds is 1. The first-order valence-corrected chi connectivity index (χ1v) is 4.94. The van der Waals surface area contributed by atoms with Gasteiger partial charge in [-0.2, -0.15) is 0 Å². The molecule has 1 aliphatic heterocycles. The number of primary amides is 1. The zero-order chi connectivity index (χ0) is 9.97. The van der Waals surface area contributed by atoms with Crippen LogP contribution in [0.25, 0.3) is 0 Å². The molecule has 3 nitrogen and oxygen atoms in total. The number of fused-ring (bicyclic) bond motifs is 1.